The molecule has 0 spiro atoms. The van der Waals surface area contributed by atoms with Gasteiger partial charge < -0.3 is 10.4 Å². The van der Waals surface area contributed by atoms with E-state index in [0.717, 1.165) is 25.7 Å². The number of aliphatic hydroxyl groups excluding tert-OH is 1. The molecule has 0 saturated heterocycles. The number of amides is 1. The van der Waals surface area contributed by atoms with Crippen LogP contribution in [0.15, 0.2) is 0 Å². The summed E-state index contributed by atoms with van der Waals surface area (Å²) in [4.78, 5) is 12.3. The molecule has 43 heavy (non-hydrogen) atoms. The van der Waals surface area contributed by atoms with Gasteiger partial charge in [0.2, 0.25) is 5.91 Å². The van der Waals surface area contributed by atoms with E-state index < -0.39 is 6.10 Å². The molecule has 2 N–H and O–H groups in total. The fourth-order valence-corrected chi connectivity index (χ4v) is 6.41. The SMILES string of the molecule is CCCCCCCCCCCCCCCCCCCCCC(=O)NC(C)C(O)CCCCCCCCCCCCCCC. The zero-order chi connectivity index (χ0) is 31.5. The summed E-state index contributed by atoms with van der Waals surface area (Å²) in [5.74, 6) is 0.115. The number of hydrogen-bond donors (Lipinski definition) is 2. The predicted octanol–water partition coefficient (Wildman–Crippen LogP) is 13.2. The maximum atomic E-state index is 12.3. The number of unbranched alkanes of at least 4 members (excludes halogenated alkanes) is 30. The number of carbonyl (C=O) groups is 1. The van der Waals surface area contributed by atoms with Gasteiger partial charge >= 0.3 is 0 Å². The lowest BCUT2D eigenvalue weighted by Gasteiger charge is -2.20. The lowest BCUT2D eigenvalue weighted by molar-refractivity contribution is -0.122. The van der Waals surface area contributed by atoms with Crippen molar-refractivity contribution in [3.8, 4) is 0 Å². The summed E-state index contributed by atoms with van der Waals surface area (Å²) in [5, 5.41) is 13.5. The zero-order valence-electron chi connectivity index (χ0n) is 30.1. The summed E-state index contributed by atoms with van der Waals surface area (Å²) in [6, 6.07) is -0.134. The van der Waals surface area contributed by atoms with E-state index in [9.17, 15) is 9.90 Å². The summed E-state index contributed by atoms with van der Waals surface area (Å²) in [7, 11) is 0. The highest BCUT2D eigenvalue weighted by molar-refractivity contribution is 5.76. The van der Waals surface area contributed by atoms with Crippen molar-refractivity contribution in [1.29, 1.82) is 0 Å². The number of nitrogens with one attached hydrogen (secondary N) is 1. The van der Waals surface area contributed by atoms with Gasteiger partial charge in [-0.1, -0.05) is 213 Å². The third-order valence-electron chi connectivity index (χ3n) is 9.58. The van der Waals surface area contributed by atoms with Crippen LogP contribution in [0.4, 0.5) is 0 Å². The highest BCUT2D eigenvalue weighted by atomic mass is 16.3. The van der Waals surface area contributed by atoms with Crippen molar-refractivity contribution in [3.05, 3.63) is 0 Å². The molecule has 2 unspecified atom stereocenters. The Morgan fingerprint density at radius 3 is 1.00 bits per heavy atom. The Bertz CT molecular complexity index is 537. The summed E-state index contributed by atoms with van der Waals surface area (Å²) in [6.07, 6.45) is 44.5. The molecule has 0 heterocycles. The van der Waals surface area contributed by atoms with Gasteiger partial charge in [0.05, 0.1) is 12.1 Å². The highest BCUT2D eigenvalue weighted by Crippen LogP contribution is 2.16. The van der Waals surface area contributed by atoms with Crippen LogP contribution in [0.5, 0.6) is 0 Å². The molecule has 0 aromatic rings. The van der Waals surface area contributed by atoms with Crippen LogP contribution in [0.3, 0.4) is 0 Å². The molecule has 0 saturated carbocycles. The highest BCUT2D eigenvalue weighted by Gasteiger charge is 2.16. The molecule has 0 aromatic carbocycles. The van der Waals surface area contributed by atoms with Crippen LogP contribution in [0.1, 0.15) is 239 Å². The molecule has 1 amide bonds. The van der Waals surface area contributed by atoms with E-state index in [0.29, 0.717) is 6.42 Å². The van der Waals surface area contributed by atoms with Crippen LogP contribution in [-0.4, -0.2) is 23.2 Å². The van der Waals surface area contributed by atoms with Crippen molar-refractivity contribution in [2.45, 2.75) is 251 Å². The molecule has 0 bridgehead atoms. The van der Waals surface area contributed by atoms with Gasteiger partial charge in [0.1, 0.15) is 0 Å². The standard InChI is InChI=1S/C40H81NO2/c1-4-6-8-10-12-14-16-18-19-20-21-22-23-25-27-29-31-33-35-37-40(43)41-38(3)39(42)36-34-32-30-28-26-24-17-15-13-11-9-7-5-2/h38-39,42H,4-37H2,1-3H3,(H,41,43). The van der Waals surface area contributed by atoms with Gasteiger partial charge in [-0.25, -0.2) is 0 Å². The molecule has 0 rings (SSSR count). The van der Waals surface area contributed by atoms with Crippen LogP contribution >= 0.6 is 0 Å². The van der Waals surface area contributed by atoms with Gasteiger partial charge in [0.25, 0.3) is 0 Å². The summed E-state index contributed by atoms with van der Waals surface area (Å²) in [5.41, 5.74) is 0. The largest absolute Gasteiger partial charge is 0.391 e. The number of carbonyl (C=O) groups excluding carboxylic acids is 1. The van der Waals surface area contributed by atoms with Crippen LogP contribution in [-0.2, 0) is 4.79 Å². The van der Waals surface area contributed by atoms with E-state index in [1.165, 1.54) is 186 Å². The lowest BCUT2D eigenvalue weighted by Crippen LogP contribution is -2.41. The van der Waals surface area contributed by atoms with Crippen LogP contribution in [0.2, 0.25) is 0 Å². The summed E-state index contributed by atoms with van der Waals surface area (Å²) in [6.45, 7) is 6.53. The van der Waals surface area contributed by atoms with Crippen molar-refractivity contribution in [1.82, 2.24) is 5.32 Å². The molecule has 2 atom stereocenters. The fraction of sp³-hybridized carbons (Fsp3) is 0.975. The monoisotopic (exact) mass is 608 g/mol. The van der Waals surface area contributed by atoms with Gasteiger partial charge in [0.15, 0.2) is 0 Å². The summed E-state index contributed by atoms with van der Waals surface area (Å²) >= 11 is 0. The van der Waals surface area contributed by atoms with Crippen LogP contribution < -0.4 is 5.32 Å². The second-order valence-electron chi connectivity index (χ2n) is 14.1. The smallest absolute Gasteiger partial charge is 0.220 e. The molecule has 0 fully saturated rings. The van der Waals surface area contributed by atoms with Gasteiger partial charge in [-0.3, -0.25) is 4.79 Å². The molecule has 0 aliphatic heterocycles. The Morgan fingerprint density at radius 2 is 0.698 bits per heavy atom. The number of aliphatic hydroxyl groups is 1. The van der Waals surface area contributed by atoms with Crippen LogP contribution in [0.25, 0.3) is 0 Å². The molecule has 0 aromatic heterocycles. The third kappa shape index (κ3) is 34.1. The van der Waals surface area contributed by atoms with E-state index >= 15 is 0 Å². The Hall–Kier alpha value is -0.570. The first kappa shape index (κ1) is 42.4. The summed E-state index contributed by atoms with van der Waals surface area (Å²) < 4.78 is 0. The second-order valence-corrected chi connectivity index (χ2v) is 14.1. The zero-order valence-corrected chi connectivity index (χ0v) is 30.1. The Kier molecular flexibility index (Phi) is 35.4. The Morgan fingerprint density at radius 1 is 0.442 bits per heavy atom. The first-order chi connectivity index (χ1) is 21.1. The van der Waals surface area contributed by atoms with E-state index in [-0.39, 0.29) is 11.9 Å². The van der Waals surface area contributed by atoms with Gasteiger partial charge in [-0.15, -0.1) is 0 Å². The maximum Gasteiger partial charge on any atom is 0.220 e. The first-order valence-corrected chi connectivity index (χ1v) is 20.1. The van der Waals surface area contributed by atoms with Gasteiger partial charge in [-0.2, -0.15) is 0 Å². The lowest BCUT2D eigenvalue weighted by atomic mass is 10.0. The van der Waals surface area contributed by atoms with Crippen LogP contribution in [0, 0.1) is 0 Å². The maximum absolute atomic E-state index is 12.3. The van der Waals surface area contributed by atoms with Crippen molar-refractivity contribution >= 4 is 5.91 Å². The van der Waals surface area contributed by atoms with E-state index in [4.69, 9.17) is 0 Å². The number of hydrogen-bond acceptors (Lipinski definition) is 2. The van der Waals surface area contributed by atoms with Gasteiger partial charge in [-0.05, 0) is 19.8 Å². The fourth-order valence-electron chi connectivity index (χ4n) is 6.41. The predicted molar refractivity (Wildman–Crippen MR) is 192 cm³/mol. The van der Waals surface area contributed by atoms with Crippen molar-refractivity contribution < 1.29 is 9.90 Å². The van der Waals surface area contributed by atoms with E-state index in [1.54, 1.807) is 0 Å². The van der Waals surface area contributed by atoms with Crippen molar-refractivity contribution in [3.63, 3.8) is 0 Å². The molecule has 3 heteroatoms. The molecule has 258 valence electrons. The molecular formula is C40H81NO2. The normalized spacial score (nSPS) is 12.9. The minimum absolute atomic E-state index is 0.115. The van der Waals surface area contributed by atoms with Gasteiger partial charge in [0, 0.05) is 6.42 Å². The molecule has 0 radical (unpaired) electrons. The Labute approximate surface area is 271 Å². The van der Waals surface area contributed by atoms with Crippen molar-refractivity contribution in [2.75, 3.05) is 0 Å². The minimum atomic E-state index is -0.415. The topological polar surface area (TPSA) is 49.3 Å². The molecule has 0 aliphatic rings. The van der Waals surface area contributed by atoms with Crippen molar-refractivity contribution in [2.24, 2.45) is 0 Å². The molecular weight excluding hydrogens is 526 g/mol. The molecule has 3 nitrogen and oxygen atoms in total. The quantitative estimate of drug-likeness (QED) is 0.0696. The first-order valence-electron chi connectivity index (χ1n) is 20.1. The van der Waals surface area contributed by atoms with E-state index in [1.807, 2.05) is 6.92 Å². The average Bonchev–Trinajstić information content (AvgIpc) is 3.00. The minimum Gasteiger partial charge on any atom is -0.391 e. The Balaban J connectivity index is 3.37. The number of rotatable bonds is 36. The molecule has 0 aliphatic carbocycles. The van der Waals surface area contributed by atoms with E-state index in [2.05, 4.69) is 19.2 Å². The average molecular weight is 608 g/mol. The second kappa shape index (κ2) is 35.9. The third-order valence-corrected chi connectivity index (χ3v) is 9.58.